The van der Waals surface area contributed by atoms with Gasteiger partial charge in [0.25, 0.3) is 0 Å². The number of aromatic nitrogens is 2. The van der Waals surface area contributed by atoms with Gasteiger partial charge in [-0.05, 0) is 36.4 Å². The van der Waals surface area contributed by atoms with Crippen LogP contribution in [0, 0.1) is 12.8 Å². The normalized spacial score (nSPS) is 12.8. The molecule has 2 heterocycles. The number of aryl methyl sites for hydroxylation is 1. The van der Waals surface area contributed by atoms with Crippen LogP contribution < -0.4 is 5.32 Å². The molecular weight excluding hydrogens is 230 g/mol. The smallest absolute Gasteiger partial charge is 0.0946 e. The van der Waals surface area contributed by atoms with Crippen molar-refractivity contribution in [3.63, 3.8) is 0 Å². The topological polar surface area (TPSA) is 29.9 Å². The molecule has 0 bridgehead atoms. The number of nitrogens with zero attached hydrogens (tertiary/aromatic N) is 2. The van der Waals surface area contributed by atoms with E-state index < -0.39 is 0 Å². The van der Waals surface area contributed by atoms with Gasteiger partial charge >= 0.3 is 0 Å². The Morgan fingerprint density at radius 2 is 2.41 bits per heavy atom. The molecule has 1 N–H and O–H groups in total. The van der Waals surface area contributed by atoms with Crippen molar-refractivity contribution in [1.82, 2.24) is 14.9 Å². The summed E-state index contributed by atoms with van der Waals surface area (Å²) in [6.45, 7) is 7.47. The van der Waals surface area contributed by atoms with E-state index in [1.54, 1.807) is 0 Å². The minimum absolute atomic E-state index is 0.615. The standard InChI is InChI=1S/C13H19N3S/c1-11(9-16-5-4-14-10-16)7-15-8-13-12(2)3-6-17-13/h3-6,10-11,15H,7-9H2,1-2H3. The molecule has 0 aliphatic rings. The molecule has 1 atom stereocenters. The monoisotopic (exact) mass is 249 g/mol. The Hall–Kier alpha value is -1.13. The van der Waals surface area contributed by atoms with Crippen LogP contribution in [-0.2, 0) is 13.1 Å². The van der Waals surface area contributed by atoms with E-state index in [0.717, 1.165) is 19.6 Å². The molecule has 1 unspecified atom stereocenters. The summed E-state index contributed by atoms with van der Waals surface area (Å²) in [5.74, 6) is 0.615. The van der Waals surface area contributed by atoms with Crippen molar-refractivity contribution in [3.8, 4) is 0 Å². The van der Waals surface area contributed by atoms with Crippen molar-refractivity contribution >= 4 is 11.3 Å². The van der Waals surface area contributed by atoms with Crippen LogP contribution in [0.1, 0.15) is 17.4 Å². The minimum atomic E-state index is 0.615. The van der Waals surface area contributed by atoms with E-state index in [-0.39, 0.29) is 0 Å². The van der Waals surface area contributed by atoms with Gasteiger partial charge < -0.3 is 9.88 Å². The van der Waals surface area contributed by atoms with Gasteiger partial charge in [-0.25, -0.2) is 4.98 Å². The Morgan fingerprint density at radius 1 is 1.53 bits per heavy atom. The van der Waals surface area contributed by atoms with Crippen LogP contribution in [0.15, 0.2) is 30.2 Å². The summed E-state index contributed by atoms with van der Waals surface area (Å²) >= 11 is 1.83. The molecule has 0 radical (unpaired) electrons. The maximum absolute atomic E-state index is 4.05. The van der Waals surface area contributed by atoms with Gasteiger partial charge in [0.15, 0.2) is 0 Å². The van der Waals surface area contributed by atoms with Crippen molar-refractivity contribution in [2.24, 2.45) is 5.92 Å². The lowest BCUT2D eigenvalue weighted by molar-refractivity contribution is 0.445. The van der Waals surface area contributed by atoms with Gasteiger partial charge in [0.1, 0.15) is 0 Å². The molecule has 0 aromatic carbocycles. The fraction of sp³-hybridized carbons (Fsp3) is 0.462. The SMILES string of the molecule is Cc1ccsc1CNCC(C)Cn1ccnc1. The zero-order valence-electron chi connectivity index (χ0n) is 10.4. The van der Waals surface area contributed by atoms with Crippen LogP contribution in [0.4, 0.5) is 0 Å². The summed E-state index contributed by atoms with van der Waals surface area (Å²) in [6, 6.07) is 2.18. The van der Waals surface area contributed by atoms with Gasteiger partial charge in [-0.2, -0.15) is 0 Å². The van der Waals surface area contributed by atoms with Crippen LogP contribution in [0.25, 0.3) is 0 Å². The molecule has 0 fully saturated rings. The molecule has 0 amide bonds. The third-order valence-corrected chi connectivity index (χ3v) is 3.85. The average molecular weight is 249 g/mol. The molecule has 2 aromatic heterocycles. The molecule has 0 saturated heterocycles. The Morgan fingerprint density at radius 3 is 3.06 bits per heavy atom. The molecule has 0 saturated carbocycles. The predicted molar refractivity (Wildman–Crippen MR) is 72.2 cm³/mol. The fourth-order valence-corrected chi connectivity index (χ4v) is 2.71. The Labute approximate surface area is 107 Å². The van der Waals surface area contributed by atoms with Crippen LogP contribution in [-0.4, -0.2) is 16.1 Å². The molecule has 2 rings (SSSR count). The molecule has 17 heavy (non-hydrogen) atoms. The molecule has 0 spiro atoms. The van der Waals surface area contributed by atoms with Crippen LogP contribution in [0.2, 0.25) is 0 Å². The average Bonchev–Trinajstić information content (AvgIpc) is 2.91. The highest BCUT2D eigenvalue weighted by Crippen LogP contribution is 2.14. The number of hydrogen-bond acceptors (Lipinski definition) is 3. The van der Waals surface area contributed by atoms with Gasteiger partial charge in [-0.3, -0.25) is 0 Å². The van der Waals surface area contributed by atoms with Gasteiger partial charge in [-0.15, -0.1) is 11.3 Å². The molecule has 2 aromatic rings. The van der Waals surface area contributed by atoms with Crippen molar-refractivity contribution in [2.45, 2.75) is 26.9 Å². The molecule has 4 heteroatoms. The number of nitrogens with one attached hydrogen (secondary N) is 1. The van der Waals surface area contributed by atoms with E-state index in [2.05, 4.69) is 40.2 Å². The number of hydrogen-bond donors (Lipinski definition) is 1. The number of rotatable bonds is 6. The fourth-order valence-electron chi connectivity index (χ4n) is 1.84. The van der Waals surface area contributed by atoms with Gasteiger partial charge in [-0.1, -0.05) is 6.92 Å². The van der Waals surface area contributed by atoms with Crippen molar-refractivity contribution in [3.05, 3.63) is 40.6 Å². The first kappa shape index (κ1) is 12.3. The molecule has 92 valence electrons. The number of imidazole rings is 1. The zero-order valence-corrected chi connectivity index (χ0v) is 11.2. The van der Waals surface area contributed by atoms with Crippen molar-refractivity contribution < 1.29 is 0 Å². The Kier molecular flexibility index (Phi) is 4.34. The summed E-state index contributed by atoms with van der Waals surface area (Å²) in [4.78, 5) is 5.50. The lowest BCUT2D eigenvalue weighted by atomic mass is 10.2. The number of thiophene rings is 1. The van der Waals surface area contributed by atoms with Gasteiger partial charge in [0.2, 0.25) is 0 Å². The third kappa shape index (κ3) is 3.68. The predicted octanol–water partition coefficient (Wildman–Crippen LogP) is 2.68. The highest BCUT2D eigenvalue weighted by molar-refractivity contribution is 7.10. The summed E-state index contributed by atoms with van der Waals surface area (Å²) < 4.78 is 2.13. The lowest BCUT2D eigenvalue weighted by Crippen LogP contribution is -2.23. The van der Waals surface area contributed by atoms with Crippen molar-refractivity contribution in [2.75, 3.05) is 6.54 Å². The van der Waals surface area contributed by atoms with E-state index in [4.69, 9.17) is 0 Å². The van der Waals surface area contributed by atoms with Crippen molar-refractivity contribution in [1.29, 1.82) is 0 Å². The molecule has 0 aliphatic heterocycles. The summed E-state index contributed by atoms with van der Waals surface area (Å²) in [6.07, 6.45) is 5.72. The van der Waals surface area contributed by atoms with E-state index in [9.17, 15) is 0 Å². The Bertz CT molecular complexity index is 433. The second kappa shape index (κ2) is 5.98. The third-order valence-electron chi connectivity index (χ3n) is 2.83. The van der Waals surface area contributed by atoms with Gasteiger partial charge in [0.05, 0.1) is 6.33 Å². The first-order valence-electron chi connectivity index (χ1n) is 5.95. The van der Waals surface area contributed by atoms with E-state index in [0.29, 0.717) is 5.92 Å². The van der Waals surface area contributed by atoms with Gasteiger partial charge in [0, 0.05) is 30.4 Å². The molecule has 3 nitrogen and oxygen atoms in total. The van der Waals surface area contributed by atoms with Crippen LogP contribution in [0.5, 0.6) is 0 Å². The summed E-state index contributed by atoms with van der Waals surface area (Å²) in [5, 5.41) is 5.67. The summed E-state index contributed by atoms with van der Waals surface area (Å²) in [5.41, 5.74) is 1.39. The lowest BCUT2D eigenvalue weighted by Gasteiger charge is -2.13. The minimum Gasteiger partial charge on any atom is -0.337 e. The van der Waals surface area contributed by atoms with E-state index in [1.165, 1.54) is 10.4 Å². The summed E-state index contributed by atoms with van der Waals surface area (Å²) in [7, 11) is 0. The largest absolute Gasteiger partial charge is 0.337 e. The molecular formula is C13H19N3S. The highest BCUT2D eigenvalue weighted by atomic mass is 32.1. The second-order valence-corrected chi connectivity index (χ2v) is 5.52. The quantitative estimate of drug-likeness (QED) is 0.853. The first-order chi connectivity index (χ1) is 8.25. The second-order valence-electron chi connectivity index (χ2n) is 4.52. The Balaban J connectivity index is 1.70. The highest BCUT2D eigenvalue weighted by Gasteiger charge is 2.04. The first-order valence-corrected chi connectivity index (χ1v) is 6.83. The molecule has 0 aliphatic carbocycles. The van der Waals surface area contributed by atoms with E-state index in [1.807, 2.05) is 30.1 Å². The zero-order chi connectivity index (χ0) is 12.1. The maximum Gasteiger partial charge on any atom is 0.0946 e. The van der Waals surface area contributed by atoms with Crippen LogP contribution >= 0.6 is 11.3 Å². The maximum atomic E-state index is 4.05. The van der Waals surface area contributed by atoms with E-state index >= 15 is 0 Å². The van der Waals surface area contributed by atoms with Crippen LogP contribution in [0.3, 0.4) is 0 Å².